The molecular formula is C25H28FN3OS. The van der Waals surface area contributed by atoms with Crippen LogP contribution in [0.3, 0.4) is 0 Å². The summed E-state index contributed by atoms with van der Waals surface area (Å²) in [6.07, 6.45) is 6.22. The van der Waals surface area contributed by atoms with Gasteiger partial charge in [-0.05, 0) is 73.0 Å². The van der Waals surface area contributed by atoms with Crippen molar-refractivity contribution in [3.8, 4) is 0 Å². The van der Waals surface area contributed by atoms with Crippen LogP contribution in [0.1, 0.15) is 33.6 Å². The molecule has 1 saturated heterocycles. The Morgan fingerprint density at radius 3 is 2.68 bits per heavy atom. The number of benzene rings is 1. The van der Waals surface area contributed by atoms with Crippen LogP contribution in [0.5, 0.6) is 0 Å². The SMILES string of the molecule is CN(C(=O)c1cccs1)[C@H](Cc1ccccc1F)C1CCN(Cc2cccnc2)CC1. The lowest BCUT2D eigenvalue weighted by Crippen LogP contribution is -2.47. The molecule has 1 amide bonds. The number of likely N-dealkylation sites (tertiary alicyclic amines) is 1. The summed E-state index contributed by atoms with van der Waals surface area (Å²) >= 11 is 1.46. The third-order valence-corrected chi connectivity index (χ3v) is 7.10. The van der Waals surface area contributed by atoms with E-state index in [-0.39, 0.29) is 17.8 Å². The smallest absolute Gasteiger partial charge is 0.263 e. The molecule has 2 aromatic heterocycles. The first-order valence-corrected chi connectivity index (χ1v) is 11.6. The molecule has 6 heteroatoms. The average Bonchev–Trinajstić information content (AvgIpc) is 3.34. The first kappa shape index (κ1) is 21.7. The molecule has 1 aliphatic rings. The number of likely N-dealkylation sites (N-methyl/N-ethyl adjacent to an activating group) is 1. The maximum atomic E-state index is 14.4. The Morgan fingerprint density at radius 2 is 2.00 bits per heavy atom. The van der Waals surface area contributed by atoms with Gasteiger partial charge in [-0.25, -0.2) is 4.39 Å². The van der Waals surface area contributed by atoms with Crippen molar-refractivity contribution in [1.82, 2.24) is 14.8 Å². The zero-order chi connectivity index (χ0) is 21.6. The zero-order valence-corrected chi connectivity index (χ0v) is 18.6. The number of carbonyl (C=O) groups is 1. The molecule has 4 nitrogen and oxygen atoms in total. The van der Waals surface area contributed by atoms with E-state index in [2.05, 4.69) is 16.0 Å². The summed E-state index contributed by atoms with van der Waals surface area (Å²) in [7, 11) is 1.87. The Labute approximate surface area is 187 Å². The molecule has 0 N–H and O–H groups in total. The quantitative estimate of drug-likeness (QED) is 0.529. The highest BCUT2D eigenvalue weighted by Gasteiger charge is 2.32. The highest BCUT2D eigenvalue weighted by atomic mass is 32.1. The van der Waals surface area contributed by atoms with E-state index in [0.717, 1.165) is 37.4 Å². The van der Waals surface area contributed by atoms with E-state index in [1.165, 1.54) is 23.0 Å². The summed E-state index contributed by atoms with van der Waals surface area (Å²) in [6.45, 7) is 2.82. The van der Waals surface area contributed by atoms with Crippen LogP contribution < -0.4 is 0 Å². The number of pyridine rings is 1. The maximum Gasteiger partial charge on any atom is 0.263 e. The summed E-state index contributed by atoms with van der Waals surface area (Å²) < 4.78 is 14.4. The fraction of sp³-hybridized carbons (Fsp3) is 0.360. The number of piperidine rings is 1. The van der Waals surface area contributed by atoms with Crippen molar-refractivity contribution in [3.05, 3.63) is 88.1 Å². The van der Waals surface area contributed by atoms with Gasteiger partial charge in [0.25, 0.3) is 5.91 Å². The number of hydrogen-bond donors (Lipinski definition) is 0. The standard InChI is InChI=1S/C25H28FN3OS/c1-28(25(30)24-9-5-15-31-24)23(16-21-7-2-3-8-22(21)26)20-10-13-29(14-11-20)18-19-6-4-12-27-17-19/h2-9,12,15,17,20,23H,10-11,13-14,16,18H2,1H3/t23-/m1/s1. The Bertz CT molecular complexity index is 971. The van der Waals surface area contributed by atoms with Gasteiger partial charge in [-0.15, -0.1) is 11.3 Å². The molecule has 0 radical (unpaired) electrons. The Kier molecular flexibility index (Phi) is 7.10. The largest absolute Gasteiger partial charge is 0.337 e. The lowest BCUT2D eigenvalue weighted by molar-refractivity contribution is 0.0588. The molecule has 1 atom stereocenters. The monoisotopic (exact) mass is 437 g/mol. The van der Waals surface area contributed by atoms with Crippen molar-refractivity contribution in [3.63, 3.8) is 0 Å². The molecule has 0 spiro atoms. The van der Waals surface area contributed by atoms with Crippen LogP contribution >= 0.6 is 11.3 Å². The first-order valence-electron chi connectivity index (χ1n) is 10.8. The third-order valence-electron chi connectivity index (χ3n) is 6.24. The molecular weight excluding hydrogens is 409 g/mol. The third kappa shape index (κ3) is 5.38. The molecule has 31 heavy (non-hydrogen) atoms. The highest BCUT2D eigenvalue weighted by Crippen LogP contribution is 2.29. The maximum absolute atomic E-state index is 14.4. The molecule has 1 fully saturated rings. The minimum absolute atomic E-state index is 0.0223. The van der Waals surface area contributed by atoms with E-state index in [1.807, 2.05) is 53.9 Å². The van der Waals surface area contributed by atoms with Crippen LogP contribution in [0.15, 0.2) is 66.3 Å². The second-order valence-electron chi connectivity index (χ2n) is 8.23. The Hall–Kier alpha value is -2.57. The average molecular weight is 438 g/mol. The van der Waals surface area contributed by atoms with Gasteiger partial charge in [0.15, 0.2) is 0 Å². The van der Waals surface area contributed by atoms with E-state index in [0.29, 0.717) is 17.9 Å². The number of amides is 1. The Morgan fingerprint density at radius 1 is 1.19 bits per heavy atom. The molecule has 0 unspecified atom stereocenters. The molecule has 0 bridgehead atoms. The molecule has 162 valence electrons. The number of aromatic nitrogens is 1. The zero-order valence-electron chi connectivity index (χ0n) is 17.8. The number of hydrogen-bond acceptors (Lipinski definition) is 4. The van der Waals surface area contributed by atoms with Gasteiger partial charge in [-0.2, -0.15) is 0 Å². The van der Waals surface area contributed by atoms with Gasteiger partial charge in [0.2, 0.25) is 0 Å². The van der Waals surface area contributed by atoms with Crippen molar-refractivity contribution in [1.29, 1.82) is 0 Å². The van der Waals surface area contributed by atoms with Crippen LogP contribution in [0.25, 0.3) is 0 Å². The van der Waals surface area contributed by atoms with E-state index in [1.54, 1.807) is 12.3 Å². The van der Waals surface area contributed by atoms with Gasteiger partial charge in [-0.3, -0.25) is 14.7 Å². The minimum Gasteiger partial charge on any atom is -0.337 e. The van der Waals surface area contributed by atoms with Crippen LogP contribution in [0, 0.1) is 11.7 Å². The fourth-order valence-corrected chi connectivity index (χ4v) is 5.19. The van der Waals surface area contributed by atoms with E-state index >= 15 is 0 Å². The predicted octanol–water partition coefficient (Wildman–Crippen LogP) is 4.88. The number of halogens is 1. The van der Waals surface area contributed by atoms with Crippen molar-refractivity contribution >= 4 is 17.2 Å². The van der Waals surface area contributed by atoms with Crippen LogP contribution in [-0.2, 0) is 13.0 Å². The minimum atomic E-state index is -0.196. The van der Waals surface area contributed by atoms with Gasteiger partial charge >= 0.3 is 0 Å². The lowest BCUT2D eigenvalue weighted by Gasteiger charge is -2.40. The van der Waals surface area contributed by atoms with Crippen molar-refractivity contribution in [2.75, 3.05) is 20.1 Å². The topological polar surface area (TPSA) is 36.4 Å². The Balaban J connectivity index is 1.48. The van der Waals surface area contributed by atoms with E-state index in [4.69, 9.17) is 0 Å². The number of nitrogens with zero attached hydrogens (tertiary/aromatic N) is 3. The van der Waals surface area contributed by atoms with Crippen LogP contribution in [-0.4, -0.2) is 46.9 Å². The molecule has 4 rings (SSSR count). The molecule has 3 heterocycles. The number of carbonyl (C=O) groups excluding carboxylic acids is 1. The molecule has 1 aliphatic heterocycles. The second kappa shape index (κ2) is 10.2. The van der Waals surface area contributed by atoms with Gasteiger partial charge in [0.1, 0.15) is 5.82 Å². The lowest BCUT2D eigenvalue weighted by atomic mass is 9.84. The normalized spacial score (nSPS) is 16.2. The fourth-order valence-electron chi connectivity index (χ4n) is 4.48. The van der Waals surface area contributed by atoms with Gasteiger partial charge in [-0.1, -0.05) is 30.3 Å². The summed E-state index contributed by atoms with van der Waals surface area (Å²) in [4.78, 5) is 22.3. The predicted molar refractivity (Wildman–Crippen MR) is 123 cm³/mol. The summed E-state index contributed by atoms with van der Waals surface area (Å²) in [6, 6.07) is 14.7. The number of thiophene rings is 1. The second-order valence-corrected chi connectivity index (χ2v) is 9.18. The van der Waals surface area contributed by atoms with Crippen molar-refractivity contribution < 1.29 is 9.18 Å². The molecule has 1 aromatic carbocycles. The van der Waals surface area contributed by atoms with E-state index < -0.39 is 0 Å². The summed E-state index contributed by atoms with van der Waals surface area (Å²) in [5.74, 6) is 0.159. The first-order chi connectivity index (χ1) is 15.1. The molecule has 0 aliphatic carbocycles. The van der Waals surface area contributed by atoms with Crippen LogP contribution in [0.4, 0.5) is 4.39 Å². The summed E-state index contributed by atoms with van der Waals surface area (Å²) in [5.41, 5.74) is 1.89. The van der Waals surface area contributed by atoms with Crippen LogP contribution in [0.2, 0.25) is 0 Å². The van der Waals surface area contributed by atoms with Crippen molar-refractivity contribution in [2.24, 2.45) is 5.92 Å². The molecule has 3 aromatic rings. The molecule has 0 saturated carbocycles. The number of rotatable bonds is 7. The van der Waals surface area contributed by atoms with Gasteiger partial charge < -0.3 is 4.90 Å². The summed E-state index contributed by atoms with van der Waals surface area (Å²) in [5, 5.41) is 1.92. The van der Waals surface area contributed by atoms with E-state index in [9.17, 15) is 9.18 Å². The van der Waals surface area contributed by atoms with Gasteiger partial charge in [0.05, 0.1) is 4.88 Å². The highest BCUT2D eigenvalue weighted by molar-refractivity contribution is 7.12. The van der Waals surface area contributed by atoms with Gasteiger partial charge in [0, 0.05) is 32.0 Å². The van der Waals surface area contributed by atoms with Crippen molar-refractivity contribution in [2.45, 2.75) is 31.8 Å².